The van der Waals surface area contributed by atoms with Gasteiger partial charge in [0, 0.05) is 16.7 Å². The third kappa shape index (κ3) is 4.69. The van der Waals surface area contributed by atoms with Crippen LogP contribution in [0.4, 0.5) is 0 Å². The zero-order valence-corrected chi connectivity index (χ0v) is 17.9. The smallest absolute Gasteiger partial charge is 0.504 e. The highest BCUT2D eigenvalue weighted by atomic mass is 16.5. The van der Waals surface area contributed by atoms with Crippen LogP contribution in [0.25, 0.3) is 45.0 Å². The Morgan fingerprint density at radius 1 is 0.515 bits per heavy atom. The molecule has 0 fully saturated rings. The Balaban J connectivity index is 1.55. The number of nitrogens with zero attached hydrogens (tertiary/aromatic N) is 2. The van der Waals surface area contributed by atoms with Crippen molar-refractivity contribution in [3.05, 3.63) is 115 Å². The number of hydrogen-bond acceptors (Lipinski definition) is 4. The van der Waals surface area contributed by atoms with Crippen molar-refractivity contribution < 1.29 is 9.68 Å². The predicted octanol–water partition coefficient (Wildman–Crippen LogP) is 5.78. The fourth-order valence-corrected chi connectivity index (χ4v) is 3.74. The highest BCUT2D eigenvalue weighted by Gasteiger charge is 2.11. The number of benzene rings is 4. The summed E-state index contributed by atoms with van der Waals surface area (Å²) in [7, 11) is -0.344. The first-order chi connectivity index (χ1) is 16.3. The Bertz CT molecular complexity index is 1300. The molecular weight excluding hydrogens is 407 g/mol. The molecule has 1 heterocycles. The first-order valence-corrected chi connectivity index (χ1v) is 10.7. The van der Waals surface area contributed by atoms with Crippen LogP contribution < -0.4 is 4.65 Å². The van der Waals surface area contributed by atoms with Gasteiger partial charge >= 0.3 is 7.69 Å². The number of rotatable bonds is 6. The maximum atomic E-state index is 9.02. The van der Waals surface area contributed by atoms with Crippen molar-refractivity contribution in [1.29, 1.82) is 0 Å². The quantitative estimate of drug-likeness (QED) is 0.348. The van der Waals surface area contributed by atoms with Gasteiger partial charge in [0.25, 0.3) is 0 Å². The summed E-state index contributed by atoms with van der Waals surface area (Å²) in [5.74, 6) is 1.33. The second-order valence-corrected chi connectivity index (χ2v) is 7.57. The molecule has 0 saturated heterocycles. The maximum absolute atomic E-state index is 9.02. The molecule has 0 bridgehead atoms. The van der Waals surface area contributed by atoms with E-state index in [2.05, 4.69) is 36.4 Å². The van der Waals surface area contributed by atoms with Crippen LogP contribution in [0.1, 0.15) is 0 Å². The van der Waals surface area contributed by atoms with Gasteiger partial charge in [-0.05, 0) is 29.3 Å². The molecule has 0 atom stereocenters. The minimum atomic E-state index is -0.344. The van der Waals surface area contributed by atoms with E-state index in [1.54, 1.807) is 0 Å². The fraction of sp³-hybridized carbons (Fsp3) is 0. The monoisotopic (exact) mass is 428 g/mol. The van der Waals surface area contributed by atoms with E-state index in [0.29, 0.717) is 11.6 Å². The van der Waals surface area contributed by atoms with E-state index >= 15 is 0 Å². The lowest BCUT2D eigenvalue weighted by Gasteiger charge is -2.10. The van der Waals surface area contributed by atoms with E-state index in [9.17, 15) is 0 Å². The highest BCUT2D eigenvalue weighted by Crippen LogP contribution is 2.30. The van der Waals surface area contributed by atoms with Crippen LogP contribution in [0.3, 0.4) is 0 Å². The normalized spacial score (nSPS) is 10.6. The lowest BCUT2D eigenvalue weighted by atomic mass is 10.0. The van der Waals surface area contributed by atoms with Gasteiger partial charge in [-0.3, -0.25) is 0 Å². The summed E-state index contributed by atoms with van der Waals surface area (Å²) in [6.45, 7) is 0. The predicted molar refractivity (Wildman–Crippen MR) is 134 cm³/mol. The summed E-state index contributed by atoms with van der Waals surface area (Å²) in [5.41, 5.74) is 6.87. The highest BCUT2D eigenvalue weighted by molar-refractivity contribution is 6.17. The van der Waals surface area contributed by atoms with E-state index in [-0.39, 0.29) is 7.69 Å². The van der Waals surface area contributed by atoms with Crippen molar-refractivity contribution >= 4 is 7.69 Å². The van der Waals surface area contributed by atoms with E-state index < -0.39 is 0 Å². The Hall–Kier alpha value is -4.22. The SMILES string of the molecule is OBOc1cccc(-c2ccc(-c3cc(-c4ccccc4)nc(-c4ccccc4)n3)cc2)c1. The second kappa shape index (κ2) is 9.51. The molecule has 33 heavy (non-hydrogen) atoms. The van der Waals surface area contributed by atoms with Gasteiger partial charge in [-0.15, -0.1) is 0 Å². The Kier molecular flexibility index (Phi) is 5.96. The van der Waals surface area contributed by atoms with Gasteiger partial charge in [-0.1, -0.05) is 97.1 Å². The number of aromatic nitrogens is 2. The molecule has 0 spiro atoms. The van der Waals surface area contributed by atoms with Crippen molar-refractivity contribution in [2.75, 3.05) is 0 Å². The third-order valence-corrected chi connectivity index (χ3v) is 5.41. The standard InChI is InChI=1S/C28H21BN2O2/c32-29-33-25-13-7-12-24(18-25)20-14-16-22(17-15-20)27-19-26(21-8-3-1-4-9-21)30-28(31-27)23-10-5-2-6-11-23/h1-19,29,32H. The fourth-order valence-electron chi connectivity index (χ4n) is 3.74. The van der Waals surface area contributed by atoms with Crippen LogP contribution in [-0.4, -0.2) is 22.7 Å². The molecule has 1 aromatic heterocycles. The van der Waals surface area contributed by atoms with E-state index in [1.165, 1.54) is 0 Å². The molecule has 5 rings (SSSR count). The van der Waals surface area contributed by atoms with Gasteiger partial charge in [0.15, 0.2) is 5.82 Å². The largest absolute Gasteiger partial charge is 0.539 e. The second-order valence-electron chi connectivity index (χ2n) is 7.57. The average molecular weight is 428 g/mol. The molecule has 0 aliphatic heterocycles. The Morgan fingerprint density at radius 3 is 1.70 bits per heavy atom. The molecule has 5 aromatic rings. The van der Waals surface area contributed by atoms with Gasteiger partial charge in [0.2, 0.25) is 0 Å². The Labute approximate surface area is 193 Å². The van der Waals surface area contributed by atoms with Crippen molar-refractivity contribution in [1.82, 2.24) is 9.97 Å². The molecule has 4 aromatic carbocycles. The molecule has 4 nitrogen and oxygen atoms in total. The van der Waals surface area contributed by atoms with Crippen molar-refractivity contribution in [3.63, 3.8) is 0 Å². The molecule has 0 radical (unpaired) electrons. The minimum absolute atomic E-state index is 0.344. The zero-order chi connectivity index (χ0) is 22.5. The maximum Gasteiger partial charge on any atom is 0.504 e. The van der Waals surface area contributed by atoms with Crippen LogP contribution >= 0.6 is 0 Å². The third-order valence-electron chi connectivity index (χ3n) is 5.41. The topological polar surface area (TPSA) is 55.2 Å². The molecule has 5 heteroatoms. The van der Waals surface area contributed by atoms with Gasteiger partial charge in [0.1, 0.15) is 5.75 Å². The molecule has 0 unspecified atom stereocenters. The summed E-state index contributed by atoms with van der Waals surface area (Å²) in [4.78, 5) is 9.73. The van der Waals surface area contributed by atoms with E-state index in [4.69, 9.17) is 19.6 Å². The van der Waals surface area contributed by atoms with Crippen LogP contribution in [0.15, 0.2) is 115 Å². The lowest BCUT2D eigenvalue weighted by Crippen LogP contribution is -1.99. The number of hydrogen-bond donors (Lipinski definition) is 1. The summed E-state index contributed by atoms with van der Waals surface area (Å²) >= 11 is 0. The summed E-state index contributed by atoms with van der Waals surface area (Å²) < 4.78 is 5.21. The van der Waals surface area contributed by atoms with Crippen LogP contribution in [0.2, 0.25) is 0 Å². The van der Waals surface area contributed by atoms with Crippen molar-refractivity contribution in [2.45, 2.75) is 0 Å². The molecule has 0 amide bonds. The summed E-state index contributed by atoms with van der Waals surface area (Å²) in [6, 6.07) is 38.2. The lowest BCUT2D eigenvalue weighted by molar-refractivity contribution is 0.454. The molecule has 1 N–H and O–H groups in total. The van der Waals surface area contributed by atoms with Crippen molar-refractivity contribution in [2.24, 2.45) is 0 Å². The van der Waals surface area contributed by atoms with Crippen LogP contribution in [0, 0.1) is 0 Å². The molecule has 0 aliphatic rings. The summed E-state index contributed by atoms with van der Waals surface area (Å²) in [5, 5.41) is 9.02. The minimum Gasteiger partial charge on any atom is -0.539 e. The van der Waals surface area contributed by atoms with Gasteiger partial charge < -0.3 is 9.68 Å². The van der Waals surface area contributed by atoms with Gasteiger partial charge in [0.05, 0.1) is 11.4 Å². The zero-order valence-electron chi connectivity index (χ0n) is 17.9. The molecule has 0 saturated carbocycles. The first-order valence-electron chi connectivity index (χ1n) is 10.7. The van der Waals surface area contributed by atoms with Gasteiger partial charge in [-0.2, -0.15) is 0 Å². The van der Waals surface area contributed by atoms with Crippen LogP contribution in [-0.2, 0) is 0 Å². The average Bonchev–Trinajstić information content (AvgIpc) is 2.90. The molecule has 0 aliphatic carbocycles. The summed E-state index contributed by atoms with van der Waals surface area (Å²) in [6.07, 6.45) is 0. The van der Waals surface area contributed by atoms with Crippen molar-refractivity contribution in [3.8, 4) is 50.8 Å². The first kappa shape index (κ1) is 20.7. The van der Waals surface area contributed by atoms with E-state index in [1.807, 2.05) is 78.9 Å². The van der Waals surface area contributed by atoms with Crippen LogP contribution in [0.5, 0.6) is 5.75 Å². The molecule has 158 valence electrons. The Morgan fingerprint density at radius 2 is 1.06 bits per heavy atom. The van der Waals surface area contributed by atoms with E-state index in [0.717, 1.165) is 39.2 Å². The van der Waals surface area contributed by atoms with Gasteiger partial charge in [-0.25, -0.2) is 9.97 Å². The molecular formula is C28H21BN2O2.